The topological polar surface area (TPSA) is 45.1 Å². The van der Waals surface area contributed by atoms with Crippen molar-refractivity contribution in [3.63, 3.8) is 0 Å². The van der Waals surface area contributed by atoms with Crippen LogP contribution in [-0.2, 0) is 6.54 Å². The number of aromatic nitrogens is 1. The van der Waals surface area contributed by atoms with Crippen LogP contribution in [0.15, 0.2) is 24.5 Å². The molecule has 17 heavy (non-hydrogen) atoms. The molecule has 3 nitrogen and oxygen atoms in total. The number of nitrogens with one attached hydrogen (secondary N) is 1. The van der Waals surface area contributed by atoms with E-state index in [1.54, 1.807) is 6.20 Å². The molecular formula is C14H22N2O. The van der Waals surface area contributed by atoms with Crippen molar-refractivity contribution in [1.82, 2.24) is 10.3 Å². The second-order valence-corrected chi connectivity index (χ2v) is 5.34. The molecule has 1 saturated carbocycles. The summed E-state index contributed by atoms with van der Waals surface area (Å²) in [5.41, 5.74) is 1.11. The quantitative estimate of drug-likeness (QED) is 0.838. The SMILES string of the molecule is CC1CCC(CO)(NCc2cccnc2)CC1. The molecule has 1 aromatic rings. The first-order valence-corrected chi connectivity index (χ1v) is 6.49. The molecule has 0 aliphatic heterocycles. The van der Waals surface area contributed by atoms with Crippen LogP contribution in [0.3, 0.4) is 0 Å². The summed E-state index contributed by atoms with van der Waals surface area (Å²) in [6, 6.07) is 4.02. The van der Waals surface area contributed by atoms with E-state index < -0.39 is 0 Å². The molecule has 1 aliphatic rings. The second-order valence-electron chi connectivity index (χ2n) is 5.34. The zero-order valence-electron chi connectivity index (χ0n) is 10.5. The molecule has 0 aromatic carbocycles. The largest absolute Gasteiger partial charge is 0.394 e. The Balaban J connectivity index is 1.91. The summed E-state index contributed by atoms with van der Waals surface area (Å²) in [6.45, 7) is 3.32. The summed E-state index contributed by atoms with van der Waals surface area (Å²) in [7, 11) is 0. The van der Waals surface area contributed by atoms with Crippen LogP contribution < -0.4 is 5.32 Å². The van der Waals surface area contributed by atoms with E-state index in [1.807, 2.05) is 12.3 Å². The van der Waals surface area contributed by atoms with Crippen molar-refractivity contribution in [2.45, 2.75) is 44.7 Å². The summed E-state index contributed by atoms with van der Waals surface area (Å²) in [5.74, 6) is 0.801. The van der Waals surface area contributed by atoms with Gasteiger partial charge in [0.15, 0.2) is 0 Å². The molecule has 0 unspecified atom stereocenters. The maximum Gasteiger partial charge on any atom is 0.0613 e. The smallest absolute Gasteiger partial charge is 0.0613 e. The van der Waals surface area contributed by atoms with Crippen LogP contribution in [0.4, 0.5) is 0 Å². The Hall–Kier alpha value is -0.930. The van der Waals surface area contributed by atoms with Crippen molar-refractivity contribution in [2.75, 3.05) is 6.61 Å². The Morgan fingerprint density at radius 1 is 1.47 bits per heavy atom. The van der Waals surface area contributed by atoms with E-state index in [-0.39, 0.29) is 12.1 Å². The Bertz CT molecular complexity index is 331. The van der Waals surface area contributed by atoms with Crippen molar-refractivity contribution in [3.8, 4) is 0 Å². The van der Waals surface area contributed by atoms with Crippen LogP contribution >= 0.6 is 0 Å². The molecule has 2 rings (SSSR count). The molecule has 1 aliphatic carbocycles. The van der Waals surface area contributed by atoms with Crippen LogP contribution in [0.5, 0.6) is 0 Å². The van der Waals surface area contributed by atoms with Gasteiger partial charge in [-0.3, -0.25) is 4.98 Å². The molecular weight excluding hydrogens is 212 g/mol. The van der Waals surface area contributed by atoms with E-state index in [0.717, 1.165) is 25.3 Å². The summed E-state index contributed by atoms with van der Waals surface area (Å²) in [6.07, 6.45) is 8.23. The number of nitrogens with zero attached hydrogens (tertiary/aromatic N) is 1. The molecule has 0 radical (unpaired) electrons. The summed E-state index contributed by atoms with van der Waals surface area (Å²) >= 11 is 0. The Morgan fingerprint density at radius 2 is 2.24 bits per heavy atom. The third-order valence-electron chi connectivity index (χ3n) is 3.92. The normalized spacial score (nSPS) is 29.2. The third-order valence-corrected chi connectivity index (χ3v) is 3.92. The van der Waals surface area contributed by atoms with Crippen LogP contribution in [0.25, 0.3) is 0 Å². The molecule has 2 N–H and O–H groups in total. The van der Waals surface area contributed by atoms with E-state index in [1.165, 1.54) is 18.4 Å². The van der Waals surface area contributed by atoms with Gasteiger partial charge in [-0.1, -0.05) is 13.0 Å². The van der Waals surface area contributed by atoms with Gasteiger partial charge in [-0.2, -0.15) is 0 Å². The van der Waals surface area contributed by atoms with Gasteiger partial charge in [-0.15, -0.1) is 0 Å². The second kappa shape index (κ2) is 5.61. The zero-order valence-corrected chi connectivity index (χ0v) is 10.5. The standard InChI is InChI=1S/C14H22N2O/c1-12-4-6-14(11-17,7-5-12)16-10-13-3-2-8-15-9-13/h2-3,8-9,12,16-17H,4-7,10-11H2,1H3. The highest BCUT2D eigenvalue weighted by atomic mass is 16.3. The summed E-state index contributed by atoms with van der Waals surface area (Å²) in [4.78, 5) is 4.11. The van der Waals surface area contributed by atoms with Gasteiger partial charge in [0.2, 0.25) is 0 Å². The highest BCUT2D eigenvalue weighted by molar-refractivity contribution is 5.09. The highest BCUT2D eigenvalue weighted by Gasteiger charge is 2.32. The maximum absolute atomic E-state index is 9.63. The number of aliphatic hydroxyl groups is 1. The minimum atomic E-state index is -0.0671. The lowest BCUT2D eigenvalue weighted by molar-refractivity contribution is 0.104. The number of pyridine rings is 1. The molecule has 0 bridgehead atoms. The molecule has 94 valence electrons. The molecule has 0 saturated heterocycles. The fraction of sp³-hybridized carbons (Fsp3) is 0.643. The van der Waals surface area contributed by atoms with Gasteiger partial charge in [0.25, 0.3) is 0 Å². The zero-order chi connectivity index (χ0) is 12.1. The van der Waals surface area contributed by atoms with Gasteiger partial charge in [0.05, 0.1) is 6.61 Å². The fourth-order valence-corrected chi connectivity index (χ4v) is 2.50. The van der Waals surface area contributed by atoms with Gasteiger partial charge in [-0.25, -0.2) is 0 Å². The summed E-state index contributed by atoms with van der Waals surface area (Å²) in [5, 5.41) is 13.2. The van der Waals surface area contributed by atoms with Crippen molar-refractivity contribution >= 4 is 0 Å². The number of hydrogen-bond acceptors (Lipinski definition) is 3. The van der Waals surface area contributed by atoms with E-state index in [0.29, 0.717) is 0 Å². The predicted molar refractivity (Wildman–Crippen MR) is 68.5 cm³/mol. The molecule has 1 aromatic heterocycles. The Morgan fingerprint density at radius 3 is 2.82 bits per heavy atom. The van der Waals surface area contributed by atoms with Crippen LogP contribution in [0.2, 0.25) is 0 Å². The number of aliphatic hydroxyl groups excluding tert-OH is 1. The molecule has 1 fully saturated rings. The minimum absolute atomic E-state index is 0.0671. The first kappa shape index (κ1) is 12.5. The average molecular weight is 234 g/mol. The van der Waals surface area contributed by atoms with E-state index in [4.69, 9.17) is 0 Å². The van der Waals surface area contributed by atoms with Crippen molar-refractivity contribution in [3.05, 3.63) is 30.1 Å². The summed E-state index contributed by atoms with van der Waals surface area (Å²) < 4.78 is 0. The van der Waals surface area contributed by atoms with Crippen molar-refractivity contribution in [1.29, 1.82) is 0 Å². The predicted octanol–water partition coefficient (Wildman–Crippen LogP) is 2.11. The lowest BCUT2D eigenvalue weighted by Gasteiger charge is -2.39. The lowest BCUT2D eigenvalue weighted by Crippen LogP contribution is -2.50. The Labute approximate surface area is 103 Å². The first-order valence-electron chi connectivity index (χ1n) is 6.49. The monoisotopic (exact) mass is 234 g/mol. The molecule has 0 spiro atoms. The van der Waals surface area contributed by atoms with E-state index in [9.17, 15) is 5.11 Å². The minimum Gasteiger partial charge on any atom is -0.394 e. The van der Waals surface area contributed by atoms with E-state index >= 15 is 0 Å². The van der Waals surface area contributed by atoms with Crippen LogP contribution in [-0.4, -0.2) is 22.2 Å². The van der Waals surface area contributed by atoms with Crippen LogP contribution in [0.1, 0.15) is 38.2 Å². The average Bonchev–Trinajstić information content (AvgIpc) is 2.40. The number of rotatable bonds is 4. The molecule has 1 heterocycles. The maximum atomic E-state index is 9.63. The number of hydrogen-bond donors (Lipinski definition) is 2. The fourth-order valence-electron chi connectivity index (χ4n) is 2.50. The molecule has 0 atom stereocenters. The molecule has 3 heteroatoms. The van der Waals surface area contributed by atoms with Gasteiger partial charge in [-0.05, 0) is 43.2 Å². The Kier molecular flexibility index (Phi) is 4.13. The molecule has 0 amide bonds. The van der Waals surface area contributed by atoms with Gasteiger partial charge in [0.1, 0.15) is 0 Å². The van der Waals surface area contributed by atoms with E-state index in [2.05, 4.69) is 23.3 Å². The lowest BCUT2D eigenvalue weighted by atomic mass is 9.77. The van der Waals surface area contributed by atoms with Gasteiger partial charge >= 0.3 is 0 Å². The van der Waals surface area contributed by atoms with Crippen LogP contribution in [0, 0.1) is 5.92 Å². The first-order chi connectivity index (χ1) is 8.24. The third kappa shape index (κ3) is 3.27. The van der Waals surface area contributed by atoms with Crippen molar-refractivity contribution in [2.24, 2.45) is 5.92 Å². The van der Waals surface area contributed by atoms with Gasteiger partial charge < -0.3 is 10.4 Å². The highest BCUT2D eigenvalue weighted by Crippen LogP contribution is 2.31. The van der Waals surface area contributed by atoms with Gasteiger partial charge in [0, 0.05) is 24.5 Å². The van der Waals surface area contributed by atoms with Crippen molar-refractivity contribution < 1.29 is 5.11 Å².